The first-order valence-corrected chi connectivity index (χ1v) is 8.84. The molecule has 1 atom stereocenters. The van der Waals surface area contributed by atoms with Crippen LogP contribution in [0.1, 0.15) is 48.0 Å². The summed E-state index contributed by atoms with van der Waals surface area (Å²) in [6.07, 6.45) is 3.50. The lowest BCUT2D eigenvalue weighted by Crippen LogP contribution is -2.38. The van der Waals surface area contributed by atoms with Crippen LogP contribution in [0.25, 0.3) is 0 Å². The average molecular weight is 321 g/mol. The number of allylic oxidation sites excluding steroid dienone is 1. The molecule has 21 heavy (non-hydrogen) atoms. The Morgan fingerprint density at radius 2 is 1.71 bits per heavy atom. The van der Waals surface area contributed by atoms with Crippen molar-refractivity contribution in [2.45, 2.75) is 59.3 Å². The van der Waals surface area contributed by atoms with Crippen LogP contribution in [0.3, 0.4) is 0 Å². The molecule has 0 rings (SSSR count). The lowest BCUT2D eigenvalue weighted by atomic mass is 10.2. The minimum absolute atomic E-state index is 0.226. The standard InChI is InChI=1S/C14H28NO5P/c1-7-10-11-12(15-13(16)20-14(4,5)6)21(17,18-8-2)19-9-3/h10-12H,7-9H2,1-6H3,(H,15,16)/b11-10+. The van der Waals surface area contributed by atoms with Crippen LogP contribution in [-0.2, 0) is 18.3 Å². The smallest absolute Gasteiger partial charge is 0.408 e. The molecule has 6 nitrogen and oxygen atoms in total. The molecular formula is C14H28NO5P. The van der Waals surface area contributed by atoms with Gasteiger partial charge in [-0.15, -0.1) is 0 Å². The molecule has 0 saturated heterocycles. The van der Waals surface area contributed by atoms with Gasteiger partial charge in [0.15, 0.2) is 5.78 Å². The zero-order valence-corrected chi connectivity index (χ0v) is 14.7. The first-order chi connectivity index (χ1) is 9.68. The second kappa shape index (κ2) is 9.23. The van der Waals surface area contributed by atoms with E-state index in [1.165, 1.54) is 0 Å². The highest BCUT2D eigenvalue weighted by molar-refractivity contribution is 7.54. The number of alkyl carbamates (subject to hydrolysis) is 1. The molecular weight excluding hydrogens is 293 g/mol. The van der Waals surface area contributed by atoms with Gasteiger partial charge in [0.05, 0.1) is 13.2 Å². The van der Waals surface area contributed by atoms with E-state index in [-0.39, 0.29) is 13.2 Å². The summed E-state index contributed by atoms with van der Waals surface area (Å²) in [5, 5.41) is 2.56. The predicted octanol–water partition coefficient (Wildman–Crippen LogP) is 4.07. The Hall–Kier alpha value is -0.840. The molecule has 0 heterocycles. The van der Waals surface area contributed by atoms with Crippen molar-refractivity contribution >= 4 is 13.7 Å². The molecule has 7 heteroatoms. The highest BCUT2D eigenvalue weighted by Crippen LogP contribution is 2.52. The average Bonchev–Trinajstić information content (AvgIpc) is 2.32. The van der Waals surface area contributed by atoms with E-state index in [1.54, 1.807) is 46.8 Å². The molecule has 0 fully saturated rings. The molecule has 0 saturated carbocycles. The van der Waals surface area contributed by atoms with Crippen molar-refractivity contribution in [3.05, 3.63) is 12.2 Å². The van der Waals surface area contributed by atoms with Gasteiger partial charge in [-0.3, -0.25) is 4.57 Å². The first-order valence-electron chi connectivity index (χ1n) is 7.23. The zero-order chi connectivity index (χ0) is 16.5. The second-order valence-electron chi connectivity index (χ2n) is 5.30. The number of carbonyl (C=O) groups excluding carboxylic acids is 1. The number of hydrogen-bond donors (Lipinski definition) is 1. The van der Waals surface area contributed by atoms with E-state index in [4.69, 9.17) is 13.8 Å². The van der Waals surface area contributed by atoms with Crippen molar-refractivity contribution in [1.29, 1.82) is 0 Å². The van der Waals surface area contributed by atoms with Crippen molar-refractivity contribution in [1.82, 2.24) is 5.32 Å². The molecule has 0 aliphatic rings. The molecule has 0 aromatic rings. The van der Waals surface area contributed by atoms with Gasteiger partial charge in [-0.2, -0.15) is 0 Å². The van der Waals surface area contributed by atoms with E-state index in [1.807, 2.05) is 6.92 Å². The topological polar surface area (TPSA) is 73.9 Å². The van der Waals surface area contributed by atoms with E-state index in [2.05, 4.69) is 5.32 Å². The highest BCUT2D eigenvalue weighted by Gasteiger charge is 2.36. The maximum absolute atomic E-state index is 12.8. The number of ether oxygens (including phenoxy) is 1. The van der Waals surface area contributed by atoms with E-state index < -0.39 is 25.1 Å². The summed E-state index contributed by atoms with van der Waals surface area (Å²) in [5.74, 6) is -0.868. The van der Waals surface area contributed by atoms with Crippen LogP contribution >= 0.6 is 7.60 Å². The Morgan fingerprint density at radius 3 is 2.10 bits per heavy atom. The number of amides is 1. The summed E-state index contributed by atoms with van der Waals surface area (Å²) in [6, 6.07) is 0. The monoisotopic (exact) mass is 321 g/mol. The van der Waals surface area contributed by atoms with Crippen LogP contribution in [0.15, 0.2) is 12.2 Å². The maximum atomic E-state index is 12.8. The molecule has 0 spiro atoms. The molecule has 0 bridgehead atoms. The first kappa shape index (κ1) is 20.2. The van der Waals surface area contributed by atoms with Crippen molar-refractivity contribution in [3.8, 4) is 0 Å². The van der Waals surface area contributed by atoms with Gasteiger partial charge in [0.2, 0.25) is 0 Å². The van der Waals surface area contributed by atoms with Gasteiger partial charge in [-0.1, -0.05) is 19.1 Å². The van der Waals surface area contributed by atoms with Gasteiger partial charge in [0.1, 0.15) is 5.60 Å². The number of carbonyl (C=O) groups is 1. The Morgan fingerprint density at radius 1 is 1.19 bits per heavy atom. The van der Waals surface area contributed by atoms with Crippen LogP contribution in [0.4, 0.5) is 4.79 Å². The fourth-order valence-electron chi connectivity index (χ4n) is 1.48. The van der Waals surface area contributed by atoms with Gasteiger partial charge < -0.3 is 19.1 Å². The van der Waals surface area contributed by atoms with Gasteiger partial charge in [0.25, 0.3) is 0 Å². The summed E-state index contributed by atoms with van der Waals surface area (Å²) in [4.78, 5) is 11.9. The largest absolute Gasteiger partial charge is 0.444 e. The van der Waals surface area contributed by atoms with Crippen molar-refractivity contribution < 1.29 is 23.1 Å². The van der Waals surface area contributed by atoms with Gasteiger partial charge in [0, 0.05) is 0 Å². The molecule has 1 unspecified atom stereocenters. The van der Waals surface area contributed by atoms with Gasteiger partial charge in [-0.25, -0.2) is 4.79 Å². The molecule has 0 aromatic carbocycles. The van der Waals surface area contributed by atoms with E-state index in [0.717, 1.165) is 6.42 Å². The summed E-state index contributed by atoms with van der Waals surface area (Å²) >= 11 is 0. The molecule has 0 aliphatic heterocycles. The lowest BCUT2D eigenvalue weighted by molar-refractivity contribution is 0.0518. The Labute approximate surface area is 127 Å². The Bertz CT molecular complexity index is 379. The zero-order valence-electron chi connectivity index (χ0n) is 13.8. The van der Waals surface area contributed by atoms with Crippen LogP contribution in [0, 0.1) is 0 Å². The lowest BCUT2D eigenvalue weighted by Gasteiger charge is -2.26. The fraction of sp³-hybridized carbons (Fsp3) is 0.786. The summed E-state index contributed by atoms with van der Waals surface area (Å²) in [7, 11) is -3.48. The number of hydrogen-bond acceptors (Lipinski definition) is 5. The molecule has 0 aliphatic carbocycles. The van der Waals surface area contributed by atoms with E-state index in [0.29, 0.717) is 0 Å². The Balaban J connectivity index is 5.13. The third-order valence-corrected chi connectivity index (χ3v) is 4.40. The van der Waals surface area contributed by atoms with E-state index in [9.17, 15) is 9.36 Å². The third kappa shape index (κ3) is 8.24. The number of rotatable bonds is 8. The molecule has 0 radical (unpaired) electrons. The van der Waals surface area contributed by atoms with Crippen molar-refractivity contribution in [2.24, 2.45) is 0 Å². The Kier molecular flexibility index (Phi) is 8.86. The van der Waals surface area contributed by atoms with Crippen molar-refractivity contribution in [2.75, 3.05) is 13.2 Å². The van der Waals surface area contributed by atoms with Crippen LogP contribution in [0.5, 0.6) is 0 Å². The quantitative estimate of drug-likeness (QED) is 0.539. The second-order valence-corrected chi connectivity index (χ2v) is 7.46. The van der Waals surface area contributed by atoms with Crippen molar-refractivity contribution in [3.63, 3.8) is 0 Å². The summed E-state index contributed by atoms with van der Waals surface area (Å²) < 4.78 is 28.5. The minimum atomic E-state index is -3.48. The summed E-state index contributed by atoms with van der Waals surface area (Å²) in [5.41, 5.74) is -0.635. The van der Waals surface area contributed by atoms with Crippen LogP contribution in [-0.4, -0.2) is 30.7 Å². The minimum Gasteiger partial charge on any atom is -0.444 e. The summed E-state index contributed by atoms with van der Waals surface area (Å²) in [6.45, 7) is 11.1. The van der Waals surface area contributed by atoms with Crippen LogP contribution < -0.4 is 5.32 Å². The molecule has 1 N–H and O–H groups in total. The molecule has 0 aromatic heterocycles. The number of nitrogens with one attached hydrogen (secondary N) is 1. The predicted molar refractivity (Wildman–Crippen MR) is 83.4 cm³/mol. The fourth-order valence-corrected chi connectivity index (χ4v) is 3.20. The SMILES string of the molecule is CC/C=C/C(NC(=O)OC(C)(C)C)P(=O)(OCC)OCC. The van der Waals surface area contributed by atoms with Gasteiger partial charge in [-0.05, 0) is 41.0 Å². The third-order valence-electron chi connectivity index (χ3n) is 2.18. The molecule has 124 valence electrons. The maximum Gasteiger partial charge on any atom is 0.408 e. The highest BCUT2D eigenvalue weighted by atomic mass is 31.2. The van der Waals surface area contributed by atoms with Gasteiger partial charge >= 0.3 is 13.7 Å². The molecule has 1 amide bonds. The normalized spacial score (nSPS) is 14.2. The van der Waals surface area contributed by atoms with E-state index >= 15 is 0 Å². The van der Waals surface area contributed by atoms with Crippen LogP contribution in [0.2, 0.25) is 0 Å².